The minimum absolute atomic E-state index is 0.0763. The van der Waals surface area contributed by atoms with Crippen LogP contribution in [-0.2, 0) is 16.6 Å². The largest absolute Gasteiger partial charge is 0.396 e. The SMILES string of the molecule is CCCC1CCN(S(=O)(=O)c2cnn(CCCO)c2)CC1. The van der Waals surface area contributed by atoms with Gasteiger partial charge in [0.05, 0.1) is 6.20 Å². The van der Waals surface area contributed by atoms with Gasteiger partial charge in [-0.15, -0.1) is 0 Å². The highest BCUT2D eigenvalue weighted by Crippen LogP contribution is 2.26. The molecule has 0 spiro atoms. The Morgan fingerprint density at radius 2 is 2.10 bits per heavy atom. The molecule has 21 heavy (non-hydrogen) atoms. The summed E-state index contributed by atoms with van der Waals surface area (Å²) in [4.78, 5) is 0.259. The lowest BCUT2D eigenvalue weighted by atomic mass is 9.94. The number of sulfonamides is 1. The molecule has 0 radical (unpaired) electrons. The number of rotatable bonds is 7. The molecule has 0 saturated carbocycles. The van der Waals surface area contributed by atoms with Gasteiger partial charge in [-0.2, -0.15) is 9.40 Å². The second-order valence-corrected chi connectivity index (χ2v) is 7.59. The number of aliphatic hydroxyl groups excluding tert-OH is 1. The van der Waals surface area contributed by atoms with Gasteiger partial charge in [0.15, 0.2) is 0 Å². The first kappa shape index (κ1) is 16.5. The quantitative estimate of drug-likeness (QED) is 0.826. The normalized spacial score (nSPS) is 18.2. The van der Waals surface area contributed by atoms with Crippen molar-refractivity contribution in [1.29, 1.82) is 0 Å². The van der Waals surface area contributed by atoms with Crippen molar-refractivity contribution in [2.24, 2.45) is 5.92 Å². The van der Waals surface area contributed by atoms with Crippen LogP contribution in [-0.4, -0.2) is 47.3 Å². The molecular formula is C14H25N3O3S. The van der Waals surface area contributed by atoms with Crippen molar-refractivity contribution in [3.05, 3.63) is 12.4 Å². The maximum atomic E-state index is 12.6. The molecule has 0 bridgehead atoms. The van der Waals surface area contributed by atoms with E-state index in [1.165, 1.54) is 12.6 Å². The number of hydrogen-bond acceptors (Lipinski definition) is 4. The van der Waals surface area contributed by atoms with Gasteiger partial charge in [-0.25, -0.2) is 8.42 Å². The molecule has 0 aromatic carbocycles. The fourth-order valence-electron chi connectivity index (χ4n) is 2.83. The maximum absolute atomic E-state index is 12.6. The molecule has 1 aliphatic heterocycles. The van der Waals surface area contributed by atoms with Gasteiger partial charge in [0.25, 0.3) is 0 Å². The van der Waals surface area contributed by atoms with Crippen LogP contribution in [0.15, 0.2) is 17.3 Å². The molecule has 1 aliphatic rings. The molecular weight excluding hydrogens is 290 g/mol. The third kappa shape index (κ3) is 4.05. The topological polar surface area (TPSA) is 75.4 Å². The Morgan fingerprint density at radius 1 is 1.38 bits per heavy atom. The molecule has 1 N–H and O–H groups in total. The minimum Gasteiger partial charge on any atom is -0.396 e. The van der Waals surface area contributed by atoms with Gasteiger partial charge in [-0.05, 0) is 25.2 Å². The predicted molar refractivity (Wildman–Crippen MR) is 80.3 cm³/mol. The lowest BCUT2D eigenvalue weighted by Gasteiger charge is -2.30. The van der Waals surface area contributed by atoms with Gasteiger partial charge in [0, 0.05) is 32.4 Å². The standard InChI is InChI=1S/C14H25N3O3S/c1-2-4-13-5-8-17(9-6-13)21(19,20)14-11-15-16(12-14)7-3-10-18/h11-13,18H,2-10H2,1H3. The number of hydrogen-bond donors (Lipinski definition) is 1. The average molecular weight is 315 g/mol. The fourth-order valence-corrected chi connectivity index (χ4v) is 4.25. The molecule has 1 fully saturated rings. The van der Waals surface area contributed by atoms with E-state index in [0.29, 0.717) is 32.0 Å². The number of piperidine rings is 1. The Kier molecular flexibility index (Phi) is 5.78. The van der Waals surface area contributed by atoms with Crippen LogP contribution in [0.25, 0.3) is 0 Å². The summed E-state index contributed by atoms with van der Waals surface area (Å²) < 4.78 is 28.3. The Balaban J connectivity index is 2.00. The first-order chi connectivity index (χ1) is 10.1. The highest BCUT2D eigenvalue weighted by Gasteiger charge is 2.29. The Labute approximate surface area is 126 Å². The van der Waals surface area contributed by atoms with Crippen LogP contribution in [0.1, 0.15) is 39.0 Å². The van der Waals surface area contributed by atoms with Gasteiger partial charge >= 0.3 is 0 Å². The summed E-state index contributed by atoms with van der Waals surface area (Å²) in [6.07, 6.45) is 7.79. The van der Waals surface area contributed by atoms with Crippen molar-refractivity contribution >= 4 is 10.0 Å². The van der Waals surface area contributed by atoms with Crippen LogP contribution in [0.3, 0.4) is 0 Å². The first-order valence-electron chi connectivity index (χ1n) is 7.71. The van der Waals surface area contributed by atoms with Crippen molar-refractivity contribution in [2.75, 3.05) is 19.7 Å². The monoisotopic (exact) mass is 315 g/mol. The van der Waals surface area contributed by atoms with Gasteiger partial charge in [0.2, 0.25) is 10.0 Å². The molecule has 2 heterocycles. The highest BCUT2D eigenvalue weighted by molar-refractivity contribution is 7.89. The smallest absolute Gasteiger partial charge is 0.246 e. The number of aliphatic hydroxyl groups is 1. The molecule has 2 rings (SSSR count). The van der Waals surface area contributed by atoms with Crippen LogP contribution >= 0.6 is 0 Å². The predicted octanol–water partition coefficient (Wildman–Crippen LogP) is 1.47. The van der Waals surface area contributed by atoms with Crippen LogP contribution in [0.4, 0.5) is 0 Å². The van der Waals surface area contributed by atoms with E-state index in [9.17, 15) is 8.42 Å². The van der Waals surface area contributed by atoms with E-state index in [-0.39, 0.29) is 11.5 Å². The van der Waals surface area contributed by atoms with Crippen LogP contribution < -0.4 is 0 Å². The Hall–Kier alpha value is -0.920. The van der Waals surface area contributed by atoms with Gasteiger partial charge in [0.1, 0.15) is 4.90 Å². The number of aromatic nitrogens is 2. The highest BCUT2D eigenvalue weighted by atomic mass is 32.2. The number of aryl methyl sites for hydroxylation is 1. The Bertz CT molecular complexity index is 533. The summed E-state index contributed by atoms with van der Waals surface area (Å²) in [6, 6.07) is 0. The van der Waals surface area contributed by atoms with Crippen LogP contribution in [0, 0.1) is 5.92 Å². The average Bonchev–Trinajstić information content (AvgIpc) is 2.96. The van der Waals surface area contributed by atoms with Crippen molar-refractivity contribution in [2.45, 2.75) is 50.5 Å². The molecule has 0 aliphatic carbocycles. The lowest BCUT2D eigenvalue weighted by molar-refractivity contribution is 0.262. The summed E-state index contributed by atoms with van der Waals surface area (Å²) in [5.41, 5.74) is 0. The summed E-state index contributed by atoms with van der Waals surface area (Å²) >= 11 is 0. The van der Waals surface area contributed by atoms with Gasteiger partial charge < -0.3 is 5.11 Å². The molecule has 1 saturated heterocycles. The zero-order valence-corrected chi connectivity index (χ0v) is 13.4. The van der Waals surface area contributed by atoms with E-state index in [0.717, 1.165) is 19.3 Å². The van der Waals surface area contributed by atoms with Crippen molar-refractivity contribution in [3.63, 3.8) is 0 Å². The van der Waals surface area contributed by atoms with Crippen molar-refractivity contribution in [1.82, 2.24) is 14.1 Å². The van der Waals surface area contributed by atoms with E-state index < -0.39 is 10.0 Å². The lowest BCUT2D eigenvalue weighted by Crippen LogP contribution is -2.38. The summed E-state index contributed by atoms with van der Waals surface area (Å²) in [5.74, 6) is 0.661. The molecule has 120 valence electrons. The zero-order chi connectivity index (χ0) is 15.3. The molecule has 1 aromatic heterocycles. The Morgan fingerprint density at radius 3 is 2.71 bits per heavy atom. The molecule has 1 aromatic rings. The van der Waals surface area contributed by atoms with E-state index in [2.05, 4.69) is 12.0 Å². The summed E-state index contributed by atoms with van der Waals surface area (Å²) in [7, 11) is -3.42. The van der Waals surface area contributed by atoms with Crippen LogP contribution in [0.2, 0.25) is 0 Å². The fraction of sp³-hybridized carbons (Fsp3) is 0.786. The number of nitrogens with zero attached hydrogens (tertiary/aromatic N) is 3. The van der Waals surface area contributed by atoms with Crippen molar-refractivity contribution in [3.8, 4) is 0 Å². The molecule has 7 heteroatoms. The van der Waals surface area contributed by atoms with Crippen LogP contribution in [0.5, 0.6) is 0 Å². The second kappa shape index (κ2) is 7.38. The van der Waals surface area contributed by atoms with Gasteiger partial charge in [-0.3, -0.25) is 4.68 Å². The van der Waals surface area contributed by atoms with E-state index in [4.69, 9.17) is 5.11 Å². The van der Waals surface area contributed by atoms with E-state index in [1.54, 1.807) is 15.2 Å². The first-order valence-corrected chi connectivity index (χ1v) is 9.15. The molecule has 0 atom stereocenters. The van der Waals surface area contributed by atoms with E-state index in [1.807, 2.05) is 0 Å². The molecule has 0 unspecified atom stereocenters. The maximum Gasteiger partial charge on any atom is 0.246 e. The third-order valence-electron chi connectivity index (χ3n) is 4.06. The van der Waals surface area contributed by atoms with Gasteiger partial charge in [-0.1, -0.05) is 19.8 Å². The van der Waals surface area contributed by atoms with Crippen molar-refractivity contribution < 1.29 is 13.5 Å². The minimum atomic E-state index is -3.42. The van der Waals surface area contributed by atoms with E-state index >= 15 is 0 Å². The second-order valence-electron chi connectivity index (χ2n) is 5.65. The molecule has 6 nitrogen and oxygen atoms in total. The summed E-state index contributed by atoms with van der Waals surface area (Å²) in [6.45, 7) is 3.99. The summed E-state index contributed by atoms with van der Waals surface area (Å²) in [5, 5.41) is 12.9. The third-order valence-corrected chi connectivity index (χ3v) is 5.91. The zero-order valence-electron chi connectivity index (χ0n) is 12.6. The molecule has 0 amide bonds.